The van der Waals surface area contributed by atoms with Crippen molar-refractivity contribution in [1.82, 2.24) is 10.2 Å². The third-order valence-corrected chi connectivity index (χ3v) is 6.36. The van der Waals surface area contributed by atoms with Crippen molar-refractivity contribution in [2.75, 3.05) is 32.7 Å². The van der Waals surface area contributed by atoms with E-state index in [-0.39, 0.29) is 61.9 Å². The first-order valence-corrected chi connectivity index (χ1v) is 11.8. The van der Waals surface area contributed by atoms with Crippen LogP contribution in [-0.4, -0.2) is 68.2 Å². The van der Waals surface area contributed by atoms with E-state index in [9.17, 15) is 18.8 Å². The second-order valence-corrected chi connectivity index (χ2v) is 8.97. The second kappa shape index (κ2) is 11.5. The standard InChI is InChI=1S/C26H30FN3O6/c1-30-21-8-7-19(12-24(31)28-13-16-4-3-5-17(27)10-16)36-23(21)14-35-22-9-6-18(11-20(22)26(30)33)29-25(32)15-34-2/h3-6,9-11,19,21,23H,7-8,12-15H2,1-2H3,(H,28,31)(H,29,32)/t19-,21+,23+/m1/s1. The first-order chi connectivity index (χ1) is 17.3. The molecule has 0 spiro atoms. The van der Waals surface area contributed by atoms with E-state index in [2.05, 4.69) is 10.6 Å². The Balaban J connectivity index is 1.37. The van der Waals surface area contributed by atoms with E-state index in [1.807, 2.05) is 0 Å². The highest BCUT2D eigenvalue weighted by molar-refractivity contribution is 6.00. The monoisotopic (exact) mass is 499 g/mol. The third-order valence-electron chi connectivity index (χ3n) is 6.36. The molecule has 1 fully saturated rings. The van der Waals surface area contributed by atoms with Gasteiger partial charge in [0.1, 0.15) is 30.9 Å². The average molecular weight is 500 g/mol. The van der Waals surface area contributed by atoms with Crippen LogP contribution in [0, 0.1) is 5.82 Å². The van der Waals surface area contributed by atoms with E-state index in [4.69, 9.17) is 14.2 Å². The van der Waals surface area contributed by atoms with Gasteiger partial charge in [-0.05, 0) is 48.7 Å². The highest BCUT2D eigenvalue weighted by Crippen LogP contribution is 2.32. The summed E-state index contributed by atoms with van der Waals surface area (Å²) in [5.74, 6) is -0.699. The number of carbonyl (C=O) groups is 3. The molecule has 0 saturated carbocycles. The summed E-state index contributed by atoms with van der Waals surface area (Å²) in [7, 11) is 3.15. The number of methoxy groups -OCH3 is 1. The molecule has 0 unspecified atom stereocenters. The van der Waals surface area contributed by atoms with Gasteiger partial charge in [-0.15, -0.1) is 0 Å². The van der Waals surface area contributed by atoms with Crippen molar-refractivity contribution in [2.45, 2.75) is 44.1 Å². The van der Waals surface area contributed by atoms with E-state index >= 15 is 0 Å². The number of hydrogen-bond donors (Lipinski definition) is 2. The maximum absolute atomic E-state index is 13.3. The summed E-state index contributed by atoms with van der Waals surface area (Å²) in [6, 6.07) is 10.8. The second-order valence-electron chi connectivity index (χ2n) is 8.97. The summed E-state index contributed by atoms with van der Waals surface area (Å²) in [6.45, 7) is 0.360. The first-order valence-electron chi connectivity index (χ1n) is 11.8. The van der Waals surface area contributed by atoms with Gasteiger partial charge in [-0.1, -0.05) is 12.1 Å². The molecule has 4 rings (SSSR count). The number of carbonyl (C=O) groups excluding carboxylic acids is 3. The van der Waals surface area contributed by atoms with E-state index in [0.29, 0.717) is 35.4 Å². The first kappa shape index (κ1) is 25.6. The number of likely N-dealkylation sites (N-methyl/N-ethyl adjacent to an activating group) is 1. The van der Waals surface area contributed by atoms with Gasteiger partial charge in [-0.25, -0.2) is 4.39 Å². The maximum Gasteiger partial charge on any atom is 0.257 e. The summed E-state index contributed by atoms with van der Waals surface area (Å²) in [5.41, 5.74) is 1.51. The predicted molar refractivity (Wildman–Crippen MR) is 129 cm³/mol. The van der Waals surface area contributed by atoms with Crippen LogP contribution in [0.2, 0.25) is 0 Å². The molecule has 2 N–H and O–H groups in total. The number of rotatable bonds is 7. The van der Waals surface area contributed by atoms with Gasteiger partial charge in [0.15, 0.2) is 0 Å². The van der Waals surface area contributed by atoms with E-state index in [0.717, 1.165) is 0 Å². The Morgan fingerprint density at radius 1 is 1.17 bits per heavy atom. The molecule has 0 bridgehead atoms. The van der Waals surface area contributed by atoms with Gasteiger partial charge in [0, 0.05) is 26.4 Å². The number of halogens is 1. The molecular weight excluding hydrogens is 469 g/mol. The molecule has 0 radical (unpaired) electrons. The van der Waals surface area contributed by atoms with E-state index < -0.39 is 6.10 Å². The minimum absolute atomic E-state index is 0.0908. The van der Waals surface area contributed by atoms with Crippen molar-refractivity contribution in [3.8, 4) is 5.75 Å². The SMILES string of the molecule is COCC(=O)Nc1ccc2c(c1)C(=O)N(C)[C@H]1CC[C@H](CC(=O)NCc3cccc(F)c3)O[C@H]1CO2. The number of fused-ring (bicyclic) bond motifs is 2. The zero-order chi connectivity index (χ0) is 25.7. The number of ether oxygens (including phenoxy) is 3. The van der Waals surface area contributed by atoms with Gasteiger partial charge in [0.25, 0.3) is 5.91 Å². The predicted octanol–water partition coefficient (Wildman–Crippen LogP) is 2.50. The fourth-order valence-electron chi connectivity index (χ4n) is 4.56. The number of anilines is 1. The molecule has 2 aliphatic rings. The Morgan fingerprint density at radius 2 is 2.00 bits per heavy atom. The summed E-state index contributed by atoms with van der Waals surface area (Å²) in [6.07, 6.45) is 0.701. The van der Waals surface area contributed by atoms with Crippen molar-refractivity contribution < 1.29 is 33.0 Å². The summed E-state index contributed by atoms with van der Waals surface area (Å²) in [5, 5.41) is 5.50. The van der Waals surface area contributed by atoms with Gasteiger partial charge in [-0.2, -0.15) is 0 Å². The zero-order valence-corrected chi connectivity index (χ0v) is 20.3. The van der Waals surface area contributed by atoms with Crippen LogP contribution in [0.3, 0.4) is 0 Å². The lowest BCUT2D eigenvalue weighted by Crippen LogP contribution is -2.53. The molecule has 0 aromatic heterocycles. The zero-order valence-electron chi connectivity index (χ0n) is 20.3. The van der Waals surface area contributed by atoms with Gasteiger partial charge >= 0.3 is 0 Å². The van der Waals surface area contributed by atoms with Crippen LogP contribution in [0.5, 0.6) is 5.75 Å². The minimum Gasteiger partial charge on any atom is -0.490 e. The van der Waals surface area contributed by atoms with Crippen molar-refractivity contribution >= 4 is 23.4 Å². The Bertz CT molecular complexity index is 1130. The Hall–Kier alpha value is -3.50. The summed E-state index contributed by atoms with van der Waals surface area (Å²) in [4.78, 5) is 39.2. The molecular formula is C26H30FN3O6. The van der Waals surface area contributed by atoms with Crippen LogP contribution in [0.15, 0.2) is 42.5 Å². The molecule has 9 nitrogen and oxygen atoms in total. The van der Waals surface area contributed by atoms with Crippen LogP contribution < -0.4 is 15.4 Å². The fourth-order valence-corrected chi connectivity index (χ4v) is 4.56. The van der Waals surface area contributed by atoms with Crippen LogP contribution in [-0.2, 0) is 25.6 Å². The van der Waals surface area contributed by atoms with Crippen molar-refractivity contribution in [3.05, 3.63) is 59.4 Å². The quantitative estimate of drug-likeness (QED) is 0.607. The van der Waals surface area contributed by atoms with Crippen molar-refractivity contribution in [1.29, 1.82) is 0 Å². The fraction of sp³-hybridized carbons (Fsp3) is 0.423. The molecule has 10 heteroatoms. The number of hydrogen-bond acceptors (Lipinski definition) is 6. The van der Waals surface area contributed by atoms with Gasteiger partial charge in [-0.3, -0.25) is 14.4 Å². The topological polar surface area (TPSA) is 106 Å². The number of nitrogens with zero attached hydrogens (tertiary/aromatic N) is 1. The molecule has 3 amide bonds. The maximum atomic E-state index is 13.3. The highest BCUT2D eigenvalue weighted by Gasteiger charge is 2.39. The number of amides is 3. The largest absolute Gasteiger partial charge is 0.490 e. The third kappa shape index (κ3) is 6.19. The number of nitrogens with one attached hydrogen (secondary N) is 2. The van der Waals surface area contributed by atoms with Crippen LogP contribution in [0.25, 0.3) is 0 Å². The van der Waals surface area contributed by atoms with Crippen LogP contribution in [0.4, 0.5) is 10.1 Å². The van der Waals surface area contributed by atoms with Crippen molar-refractivity contribution in [3.63, 3.8) is 0 Å². The van der Waals surface area contributed by atoms with Gasteiger partial charge in [0.05, 0.1) is 24.1 Å². The molecule has 2 heterocycles. The van der Waals surface area contributed by atoms with Gasteiger partial charge < -0.3 is 29.7 Å². The lowest BCUT2D eigenvalue weighted by molar-refractivity contribution is -0.134. The normalized spacial score (nSPS) is 21.4. The Labute approximate surface area is 208 Å². The minimum atomic E-state index is -0.400. The average Bonchev–Trinajstić information content (AvgIpc) is 2.85. The number of benzene rings is 2. The Kier molecular flexibility index (Phi) is 8.17. The smallest absolute Gasteiger partial charge is 0.257 e. The summed E-state index contributed by atoms with van der Waals surface area (Å²) < 4.78 is 30.3. The van der Waals surface area contributed by atoms with Gasteiger partial charge in [0.2, 0.25) is 11.8 Å². The summed E-state index contributed by atoms with van der Waals surface area (Å²) >= 11 is 0. The van der Waals surface area contributed by atoms with E-state index in [1.165, 1.54) is 19.2 Å². The van der Waals surface area contributed by atoms with E-state index in [1.54, 1.807) is 42.3 Å². The molecule has 1 saturated heterocycles. The molecule has 2 aliphatic heterocycles. The van der Waals surface area contributed by atoms with Crippen LogP contribution in [0.1, 0.15) is 35.2 Å². The molecule has 3 atom stereocenters. The highest BCUT2D eigenvalue weighted by atomic mass is 19.1. The molecule has 192 valence electrons. The lowest BCUT2D eigenvalue weighted by atomic mass is 9.94. The molecule has 36 heavy (non-hydrogen) atoms. The molecule has 0 aliphatic carbocycles. The molecule has 2 aromatic carbocycles. The van der Waals surface area contributed by atoms with Crippen molar-refractivity contribution in [2.24, 2.45) is 0 Å². The van der Waals surface area contributed by atoms with Crippen LogP contribution >= 0.6 is 0 Å². The lowest BCUT2D eigenvalue weighted by Gasteiger charge is -2.42. The molecule has 2 aromatic rings. The Morgan fingerprint density at radius 3 is 2.78 bits per heavy atom.